The van der Waals surface area contributed by atoms with Crippen LogP contribution in [0.1, 0.15) is 12.5 Å². The predicted octanol–water partition coefficient (Wildman–Crippen LogP) is 3.90. The topological polar surface area (TPSA) is 51.0 Å². The number of thioether (sulfide) groups is 1. The van der Waals surface area contributed by atoms with Crippen molar-refractivity contribution in [2.45, 2.75) is 23.9 Å². The van der Waals surface area contributed by atoms with E-state index in [1.54, 1.807) is 54.8 Å². The van der Waals surface area contributed by atoms with Crippen molar-refractivity contribution < 1.29 is 13.6 Å². The summed E-state index contributed by atoms with van der Waals surface area (Å²) in [6.07, 6.45) is 0. The van der Waals surface area contributed by atoms with Crippen LogP contribution in [0.5, 0.6) is 0 Å². The zero-order valence-corrected chi connectivity index (χ0v) is 16.6. The van der Waals surface area contributed by atoms with Crippen LogP contribution in [0.4, 0.5) is 8.78 Å². The van der Waals surface area contributed by atoms with Crippen LogP contribution in [0.15, 0.2) is 53.7 Å². The molecule has 146 valence electrons. The van der Waals surface area contributed by atoms with E-state index in [0.29, 0.717) is 17.5 Å². The molecule has 1 atom stereocenters. The summed E-state index contributed by atoms with van der Waals surface area (Å²) in [6, 6.07) is 12.2. The SMILES string of the molecule is C[C@H](Sc1nnc(-c2ccc(F)cc2)n1C)C(=O)N(C)Cc1cccc(F)c1. The van der Waals surface area contributed by atoms with Gasteiger partial charge in [-0.3, -0.25) is 4.79 Å². The second kappa shape index (κ2) is 8.52. The Morgan fingerprint density at radius 3 is 2.54 bits per heavy atom. The average molecular weight is 402 g/mol. The monoisotopic (exact) mass is 402 g/mol. The van der Waals surface area contributed by atoms with Gasteiger partial charge in [0, 0.05) is 26.2 Å². The average Bonchev–Trinajstić information content (AvgIpc) is 3.02. The Balaban J connectivity index is 1.67. The molecule has 1 aromatic heterocycles. The number of nitrogens with zero attached hydrogens (tertiary/aromatic N) is 4. The summed E-state index contributed by atoms with van der Waals surface area (Å²) >= 11 is 1.29. The molecule has 0 unspecified atom stereocenters. The molecule has 0 saturated heterocycles. The molecule has 28 heavy (non-hydrogen) atoms. The molecule has 0 saturated carbocycles. The van der Waals surface area contributed by atoms with Gasteiger partial charge in [0.1, 0.15) is 11.6 Å². The minimum absolute atomic E-state index is 0.0967. The Morgan fingerprint density at radius 1 is 1.14 bits per heavy atom. The number of hydrogen-bond donors (Lipinski definition) is 0. The molecular weight excluding hydrogens is 382 g/mol. The first kappa shape index (κ1) is 20.0. The zero-order chi connectivity index (χ0) is 20.3. The van der Waals surface area contributed by atoms with Crippen LogP contribution < -0.4 is 0 Å². The Bertz CT molecular complexity index is 975. The maximum atomic E-state index is 13.3. The quantitative estimate of drug-likeness (QED) is 0.587. The Morgan fingerprint density at radius 2 is 1.86 bits per heavy atom. The number of benzene rings is 2. The van der Waals surface area contributed by atoms with Gasteiger partial charge in [-0.15, -0.1) is 10.2 Å². The fraction of sp³-hybridized carbons (Fsp3) is 0.250. The molecule has 0 bridgehead atoms. The summed E-state index contributed by atoms with van der Waals surface area (Å²) in [5.41, 5.74) is 1.47. The minimum atomic E-state index is -0.400. The molecule has 1 amide bonds. The highest BCUT2D eigenvalue weighted by atomic mass is 32.2. The van der Waals surface area contributed by atoms with Crippen molar-refractivity contribution >= 4 is 17.7 Å². The maximum Gasteiger partial charge on any atom is 0.235 e. The van der Waals surface area contributed by atoms with Gasteiger partial charge in [-0.25, -0.2) is 8.78 Å². The predicted molar refractivity (Wildman–Crippen MR) is 105 cm³/mol. The molecule has 1 heterocycles. The van der Waals surface area contributed by atoms with Crippen LogP contribution in [0.3, 0.4) is 0 Å². The lowest BCUT2D eigenvalue weighted by atomic mass is 10.2. The van der Waals surface area contributed by atoms with Gasteiger partial charge in [-0.2, -0.15) is 0 Å². The van der Waals surface area contributed by atoms with Crippen molar-refractivity contribution in [1.82, 2.24) is 19.7 Å². The fourth-order valence-corrected chi connectivity index (χ4v) is 3.70. The number of hydrogen-bond acceptors (Lipinski definition) is 4. The Hall–Kier alpha value is -2.74. The second-order valence-corrected chi connectivity index (χ2v) is 7.76. The first-order valence-corrected chi connectivity index (χ1v) is 9.54. The van der Waals surface area contributed by atoms with Crippen LogP contribution >= 0.6 is 11.8 Å². The number of halogens is 2. The first-order chi connectivity index (χ1) is 13.3. The largest absolute Gasteiger partial charge is 0.340 e. The van der Waals surface area contributed by atoms with E-state index in [9.17, 15) is 13.6 Å². The van der Waals surface area contributed by atoms with Crippen molar-refractivity contribution in [2.75, 3.05) is 7.05 Å². The van der Waals surface area contributed by atoms with E-state index in [2.05, 4.69) is 10.2 Å². The lowest BCUT2D eigenvalue weighted by Gasteiger charge is -2.21. The van der Waals surface area contributed by atoms with Crippen LogP contribution in [-0.2, 0) is 18.4 Å². The minimum Gasteiger partial charge on any atom is -0.340 e. The van der Waals surface area contributed by atoms with Crippen molar-refractivity contribution in [1.29, 1.82) is 0 Å². The molecule has 0 radical (unpaired) electrons. The van der Waals surface area contributed by atoms with Gasteiger partial charge >= 0.3 is 0 Å². The van der Waals surface area contributed by atoms with E-state index in [0.717, 1.165) is 11.1 Å². The van der Waals surface area contributed by atoms with E-state index in [1.807, 2.05) is 0 Å². The third-order valence-corrected chi connectivity index (χ3v) is 5.37. The molecular formula is C20H20F2N4OS. The Labute approximate surface area is 166 Å². The van der Waals surface area contributed by atoms with E-state index in [1.165, 1.54) is 36.0 Å². The summed E-state index contributed by atoms with van der Waals surface area (Å²) in [6.45, 7) is 2.11. The van der Waals surface area contributed by atoms with Crippen LogP contribution in [0.2, 0.25) is 0 Å². The van der Waals surface area contributed by atoms with Gasteiger partial charge in [0.25, 0.3) is 0 Å². The normalized spacial score (nSPS) is 12.0. The van der Waals surface area contributed by atoms with Crippen molar-refractivity contribution in [2.24, 2.45) is 7.05 Å². The van der Waals surface area contributed by atoms with Gasteiger partial charge in [-0.05, 0) is 48.9 Å². The summed E-state index contributed by atoms with van der Waals surface area (Å²) in [7, 11) is 3.49. The van der Waals surface area contributed by atoms with E-state index >= 15 is 0 Å². The number of aromatic nitrogens is 3. The molecule has 0 fully saturated rings. The molecule has 2 aromatic carbocycles. The highest BCUT2D eigenvalue weighted by Gasteiger charge is 2.22. The van der Waals surface area contributed by atoms with Crippen LogP contribution in [0, 0.1) is 11.6 Å². The molecule has 3 rings (SSSR count). The molecule has 8 heteroatoms. The van der Waals surface area contributed by atoms with Gasteiger partial charge in [0.2, 0.25) is 5.91 Å². The fourth-order valence-electron chi connectivity index (χ4n) is 2.77. The molecule has 0 spiro atoms. The third kappa shape index (κ3) is 4.56. The lowest BCUT2D eigenvalue weighted by molar-refractivity contribution is -0.129. The first-order valence-electron chi connectivity index (χ1n) is 8.66. The lowest BCUT2D eigenvalue weighted by Crippen LogP contribution is -2.33. The zero-order valence-electron chi connectivity index (χ0n) is 15.8. The molecule has 0 aliphatic rings. The number of amides is 1. The van der Waals surface area contributed by atoms with Gasteiger partial charge in [-0.1, -0.05) is 23.9 Å². The van der Waals surface area contributed by atoms with Crippen LogP contribution in [0.25, 0.3) is 11.4 Å². The third-order valence-electron chi connectivity index (χ3n) is 4.25. The maximum absolute atomic E-state index is 13.3. The van der Waals surface area contributed by atoms with E-state index < -0.39 is 5.25 Å². The molecule has 5 nitrogen and oxygen atoms in total. The standard InChI is InChI=1S/C20H20F2N4OS/c1-13(19(27)25(2)12-14-5-4-6-17(22)11-14)28-20-24-23-18(26(20)3)15-7-9-16(21)10-8-15/h4-11,13H,12H2,1-3H3/t13-/m0/s1. The van der Waals surface area contributed by atoms with Crippen molar-refractivity contribution in [3.05, 3.63) is 65.7 Å². The molecule has 3 aromatic rings. The molecule has 0 aliphatic carbocycles. The van der Waals surface area contributed by atoms with Crippen LogP contribution in [-0.4, -0.2) is 37.9 Å². The number of carbonyl (C=O) groups is 1. The van der Waals surface area contributed by atoms with Crippen molar-refractivity contribution in [3.63, 3.8) is 0 Å². The molecule has 0 N–H and O–H groups in total. The number of carbonyl (C=O) groups excluding carboxylic acids is 1. The van der Waals surface area contributed by atoms with Crippen molar-refractivity contribution in [3.8, 4) is 11.4 Å². The van der Waals surface area contributed by atoms with E-state index in [4.69, 9.17) is 0 Å². The summed E-state index contributed by atoms with van der Waals surface area (Å²) in [5, 5.41) is 8.49. The van der Waals surface area contributed by atoms with Gasteiger partial charge < -0.3 is 9.47 Å². The molecule has 0 aliphatic heterocycles. The van der Waals surface area contributed by atoms with Gasteiger partial charge in [0.05, 0.1) is 5.25 Å². The number of rotatable bonds is 6. The highest BCUT2D eigenvalue weighted by Crippen LogP contribution is 2.26. The Kier molecular flexibility index (Phi) is 6.08. The van der Waals surface area contributed by atoms with E-state index in [-0.39, 0.29) is 17.5 Å². The summed E-state index contributed by atoms with van der Waals surface area (Å²) < 4.78 is 28.2. The summed E-state index contributed by atoms with van der Waals surface area (Å²) in [5.74, 6) is -0.148. The summed E-state index contributed by atoms with van der Waals surface area (Å²) in [4.78, 5) is 14.2. The second-order valence-electron chi connectivity index (χ2n) is 6.46. The smallest absolute Gasteiger partial charge is 0.235 e. The van der Waals surface area contributed by atoms with Gasteiger partial charge in [0.15, 0.2) is 11.0 Å². The highest BCUT2D eigenvalue weighted by molar-refractivity contribution is 8.00.